The van der Waals surface area contributed by atoms with E-state index in [1.165, 1.54) is 17.7 Å². The van der Waals surface area contributed by atoms with Crippen LogP contribution >= 0.6 is 0 Å². The van der Waals surface area contributed by atoms with Gasteiger partial charge in [0.1, 0.15) is 29.8 Å². The number of aromatic nitrogens is 2. The zero-order valence-corrected chi connectivity index (χ0v) is 25.6. The van der Waals surface area contributed by atoms with Crippen molar-refractivity contribution in [3.63, 3.8) is 0 Å². The van der Waals surface area contributed by atoms with E-state index in [4.69, 9.17) is 14.2 Å². The highest BCUT2D eigenvalue weighted by Gasteiger charge is 2.35. The van der Waals surface area contributed by atoms with E-state index in [1.54, 1.807) is 37.4 Å². The summed E-state index contributed by atoms with van der Waals surface area (Å²) in [5, 5.41) is 13.2. The number of rotatable bonds is 9. The van der Waals surface area contributed by atoms with E-state index >= 15 is 4.39 Å². The molecule has 1 amide bonds. The molecule has 11 nitrogen and oxygen atoms in total. The van der Waals surface area contributed by atoms with Gasteiger partial charge in [0, 0.05) is 69.4 Å². The topological polar surface area (TPSA) is 116 Å². The molecule has 6 rings (SSSR count). The number of piperidine rings is 1. The highest BCUT2D eigenvalue weighted by molar-refractivity contribution is 5.80. The zero-order chi connectivity index (χ0) is 31.3. The van der Waals surface area contributed by atoms with Crippen molar-refractivity contribution >= 4 is 23.1 Å². The van der Waals surface area contributed by atoms with Crippen LogP contribution in [0.1, 0.15) is 18.9 Å². The maximum Gasteiger partial charge on any atom is 0.251 e. The first-order valence-electron chi connectivity index (χ1n) is 15.4. The molecule has 3 aliphatic heterocycles. The predicted octanol–water partition coefficient (Wildman–Crippen LogP) is 3.63. The van der Waals surface area contributed by atoms with Gasteiger partial charge in [-0.05, 0) is 55.5 Å². The van der Waals surface area contributed by atoms with E-state index < -0.39 is 18.4 Å². The summed E-state index contributed by atoms with van der Waals surface area (Å²) < 4.78 is 31.4. The second-order valence-electron chi connectivity index (χ2n) is 11.6. The van der Waals surface area contributed by atoms with Crippen LogP contribution < -0.4 is 15.0 Å². The van der Waals surface area contributed by atoms with Crippen LogP contribution in [0.2, 0.25) is 0 Å². The number of carbonyl (C=O) groups is 1. The summed E-state index contributed by atoms with van der Waals surface area (Å²) in [5.74, 6) is 1.09. The van der Waals surface area contributed by atoms with E-state index in [1.807, 2.05) is 12.1 Å². The Morgan fingerprint density at radius 1 is 1.11 bits per heavy atom. The molecule has 3 atom stereocenters. The number of nitrogens with zero attached hydrogens (tertiary/aromatic N) is 6. The molecule has 0 unspecified atom stereocenters. The molecule has 4 heterocycles. The van der Waals surface area contributed by atoms with Gasteiger partial charge >= 0.3 is 0 Å². The fourth-order valence-electron chi connectivity index (χ4n) is 5.85. The Morgan fingerprint density at radius 2 is 1.89 bits per heavy atom. The Morgan fingerprint density at radius 3 is 2.56 bits per heavy atom. The van der Waals surface area contributed by atoms with Gasteiger partial charge in [-0.1, -0.05) is 0 Å². The van der Waals surface area contributed by atoms with Gasteiger partial charge in [0.2, 0.25) is 0 Å². The van der Waals surface area contributed by atoms with Crippen LogP contribution in [0.3, 0.4) is 0 Å². The molecule has 236 valence electrons. The molecular weight excluding hydrogens is 577 g/mol. The van der Waals surface area contributed by atoms with Crippen LogP contribution in [0.15, 0.2) is 54.7 Å². The van der Waals surface area contributed by atoms with Crippen molar-refractivity contribution in [3.05, 3.63) is 60.3 Å². The summed E-state index contributed by atoms with van der Waals surface area (Å²) in [7, 11) is 1.45. The van der Waals surface area contributed by atoms with Crippen LogP contribution in [-0.2, 0) is 14.3 Å². The lowest BCUT2D eigenvalue weighted by molar-refractivity contribution is -0.144. The largest absolute Gasteiger partial charge is 0.486 e. The van der Waals surface area contributed by atoms with E-state index in [2.05, 4.69) is 43.3 Å². The molecule has 0 saturated carbocycles. The maximum atomic E-state index is 15.0. The second-order valence-corrected chi connectivity index (χ2v) is 11.6. The van der Waals surface area contributed by atoms with Crippen LogP contribution in [0, 0.1) is 11.3 Å². The van der Waals surface area contributed by atoms with Crippen molar-refractivity contribution in [2.45, 2.75) is 37.8 Å². The first-order valence-corrected chi connectivity index (χ1v) is 15.4. The molecule has 2 aromatic carbocycles. The molecule has 0 bridgehead atoms. The summed E-state index contributed by atoms with van der Waals surface area (Å²) in [5.41, 5.74) is 2.99. The minimum atomic E-state index is -1.39. The molecule has 0 spiro atoms. The molecule has 1 aromatic heterocycles. The van der Waals surface area contributed by atoms with Crippen molar-refractivity contribution in [3.8, 4) is 23.2 Å². The van der Waals surface area contributed by atoms with E-state index in [-0.39, 0.29) is 23.8 Å². The number of hydrogen-bond acceptors (Lipinski definition) is 10. The lowest BCUT2D eigenvalue weighted by atomic mass is 10.0. The minimum Gasteiger partial charge on any atom is -0.486 e. The summed E-state index contributed by atoms with van der Waals surface area (Å²) in [4.78, 5) is 27.8. The minimum absolute atomic E-state index is 0.0822. The zero-order valence-electron chi connectivity index (χ0n) is 25.6. The van der Waals surface area contributed by atoms with E-state index in [0.717, 1.165) is 45.1 Å². The van der Waals surface area contributed by atoms with Crippen molar-refractivity contribution < 1.29 is 23.4 Å². The average Bonchev–Trinajstić information content (AvgIpc) is 3.05. The maximum absolute atomic E-state index is 15.0. The number of amides is 1. The standard InChI is InChI=1S/C33H38FN7O4/c1-22(43-2)33(42)41-12-10-30(28(34)19-41)45-29-8-3-23(17-24(29)18-35)32-36-11-9-31(38-32)37-25-4-6-26(7-5-25)39-13-15-40(16-14-39)27-20-44-21-27/h3-9,11,17,22,27-28,30H,10,12-16,19-21H2,1-2H3,(H,36,37,38)/t22-,28+,30-/m0/s1. The number of anilines is 3. The van der Waals surface area contributed by atoms with Crippen molar-refractivity contribution in [2.75, 3.05) is 69.8 Å². The molecule has 1 N–H and O–H groups in total. The lowest BCUT2D eigenvalue weighted by Crippen LogP contribution is -2.56. The van der Waals surface area contributed by atoms with Gasteiger partial charge in [0.25, 0.3) is 5.91 Å². The van der Waals surface area contributed by atoms with Crippen LogP contribution in [0.5, 0.6) is 5.75 Å². The Balaban J connectivity index is 1.07. The van der Waals surface area contributed by atoms with Gasteiger partial charge in [0.15, 0.2) is 12.0 Å². The molecule has 12 heteroatoms. The number of halogens is 1. The normalized spacial score (nSPS) is 21.5. The highest BCUT2D eigenvalue weighted by atomic mass is 19.1. The quantitative estimate of drug-likeness (QED) is 0.383. The number of carbonyl (C=O) groups excluding carboxylic acids is 1. The van der Waals surface area contributed by atoms with Gasteiger partial charge < -0.3 is 29.3 Å². The Kier molecular flexibility index (Phi) is 9.39. The Bertz CT molecular complexity index is 1520. The SMILES string of the molecule is CO[C@@H](C)C(=O)N1CC[C@H](Oc2ccc(-c3nccc(Nc4ccc(N5CCN(C6COC6)CC5)cc4)n3)cc2C#N)[C@H](F)C1. The molecule has 3 aliphatic rings. The van der Waals surface area contributed by atoms with Crippen LogP contribution in [-0.4, -0.2) is 110 Å². The summed E-state index contributed by atoms with van der Waals surface area (Å²) in [6.07, 6.45) is -0.827. The third kappa shape index (κ3) is 7.01. The summed E-state index contributed by atoms with van der Waals surface area (Å²) in [6, 6.07) is 17.9. The molecular formula is C33H38FN7O4. The van der Waals surface area contributed by atoms with Crippen molar-refractivity contribution in [2.24, 2.45) is 0 Å². The monoisotopic (exact) mass is 615 g/mol. The molecule has 3 fully saturated rings. The third-order valence-corrected chi connectivity index (χ3v) is 8.74. The summed E-state index contributed by atoms with van der Waals surface area (Å²) >= 11 is 0. The Labute approximate surface area is 262 Å². The van der Waals surface area contributed by atoms with E-state index in [0.29, 0.717) is 36.2 Å². The van der Waals surface area contributed by atoms with Crippen LogP contribution in [0.25, 0.3) is 11.4 Å². The lowest BCUT2D eigenvalue weighted by Gasteiger charge is -2.43. The van der Waals surface area contributed by atoms with Gasteiger partial charge in [-0.3, -0.25) is 9.69 Å². The van der Waals surface area contributed by atoms with Crippen molar-refractivity contribution in [1.82, 2.24) is 19.8 Å². The number of nitriles is 1. The fraction of sp³-hybridized carbons (Fsp3) is 0.455. The smallest absolute Gasteiger partial charge is 0.251 e. The van der Waals surface area contributed by atoms with Crippen molar-refractivity contribution in [1.29, 1.82) is 5.26 Å². The fourth-order valence-corrected chi connectivity index (χ4v) is 5.85. The number of hydrogen-bond donors (Lipinski definition) is 1. The Hall–Kier alpha value is -4.31. The third-order valence-electron chi connectivity index (χ3n) is 8.74. The van der Waals surface area contributed by atoms with Crippen LogP contribution in [0.4, 0.5) is 21.6 Å². The number of nitrogens with one attached hydrogen (secondary N) is 1. The highest BCUT2D eigenvalue weighted by Crippen LogP contribution is 2.29. The van der Waals surface area contributed by atoms with Gasteiger partial charge in [0.05, 0.1) is 31.4 Å². The number of alkyl halides is 1. The first-order chi connectivity index (χ1) is 21.9. The summed E-state index contributed by atoms with van der Waals surface area (Å²) in [6.45, 7) is 7.70. The second kappa shape index (κ2) is 13.8. The van der Waals surface area contributed by atoms with Gasteiger partial charge in [-0.25, -0.2) is 14.4 Å². The number of benzene rings is 2. The average molecular weight is 616 g/mol. The number of methoxy groups -OCH3 is 1. The van der Waals surface area contributed by atoms with Gasteiger partial charge in [-0.15, -0.1) is 0 Å². The molecule has 3 aromatic rings. The van der Waals surface area contributed by atoms with Gasteiger partial charge in [-0.2, -0.15) is 5.26 Å². The number of likely N-dealkylation sites (tertiary alicyclic amines) is 1. The predicted molar refractivity (Wildman–Crippen MR) is 167 cm³/mol. The first kappa shape index (κ1) is 30.7. The molecule has 45 heavy (non-hydrogen) atoms. The molecule has 3 saturated heterocycles. The van der Waals surface area contributed by atoms with E-state index in [9.17, 15) is 10.1 Å². The number of piperazine rings is 1. The number of ether oxygens (including phenoxy) is 3. The molecule has 0 radical (unpaired) electrons. The molecule has 0 aliphatic carbocycles.